The van der Waals surface area contributed by atoms with Gasteiger partial charge in [0.05, 0.1) is 16.8 Å². The van der Waals surface area contributed by atoms with Crippen molar-refractivity contribution in [3.8, 4) is 0 Å². The normalized spacial score (nSPS) is 13.1. The molecule has 6 nitrogen and oxygen atoms in total. The molecule has 2 aromatic carbocycles. The number of fused-ring (bicyclic) bond motifs is 1. The summed E-state index contributed by atoms with van der Waals surface area (Å²) in [6.45, 7) is 3.60. The van der Waals surface area contributed by atoms with E-state index >= 15 is 0 Å². The fraction of sp³-hybridized carbons (Fsp3) is 0.250. The second-order valence-electron chi connectivity index (χ2n) is 6.26. The molecule has 3 aromatic rings. The number of aromatic nitrogens is 1. The van der Waals surface area contributed by atoms with E-state index in [1.807, 2.05) is 19.1 Å². The van der Waals surface area contributed by atoms with E-state index in [9.17, 15) is 19.8 Å². The van der Waals surface area contributed by atoms with Gasteiger partial charge in [0.25, 0.3) is 5.91 Å². The standard InChI is InChI=1S/C20H20N2O4S/c1-3-15(19(25)26)22-16-9-6-13(11-23)10-17(16)27-20(22)21-18(24)14-7-4-12(2)5-8-14/h4-10,15,23H,3,11H2,1-2H3,(H,25,26). The predicted molar refractivity (Wildman–Crippen MR) is 104 cm³/mol. The summed E-state index contributed by atoms with van der Waals surface area (Å²) in [5.74, 6) is -1.40. The van der Waals surface area contributed by atoms with E-state index < -0.39 is 17.9 Å². The number of nitrogens with zero attached hydrogens (tertiary/aromatic N) is 2. The minimum atomic E-state index is -0.979. The van der Waals surface area contributed by atoms with Crippen molar-refractivity contribution < 1.29 is 19.8 Å². The van der Waals surface area contributed by atoms with Crippen molar-refractivity contribution in [2.75, 3.05) is 0 Å². The number of aliphatic carboxylic acids is 1. The second kappa shape index (κ2) is 7.85. The third kappa shape index (κ3) is 3.84. The van der Waals surface area contributed by atoms with Gasteiger partial charge in [-0.15, -0.1) is 0 Å². The van der Waals surface area contributed by atoms with Gasteiger partial charge in [0.2, 0.25) is 0 Å². The molecule has 0 aliphatic rings. The second-order valence-corrected chi connectivity index (χ2v) is 7.27. The molecule has 0 saturated heterocycles. The number of carbonyl (C=O) groups is 2. The lowest BCUT2D eigenvalue weighted by Crippen LogP contribution is -2.27. The number of carbonyl (C=O) groups excluding carboxylic acids is 1. The van der Waals surface area contributed by atoms with Crippen molar-refractivity contribution in [3.05, 3.63) is 64.0 Å². The third-order valence-electron chi connectivity index (χ3n) is 4.35. The lowest BCUT2D eigenvalue weighted by atomic mass is 10.1. The van der Waals surface area contributed by atoms with E-state index in [4.69, 9.17) is 0 Å². The Bertz CT molecular complexity index is 1060. The van der Waals surface area contributed by atoms with Gasteiger partial charge in [-0.2, -0.15) is 4.99 Å². The molecule has 7 heteroatoms. The van der Waals surface area contributed by atoms with Crippen molar-refractivity contribution in [1.82, 2.24) is 4.57 Å². The zero-order valence-electron chi connectivity index (χ0n) is 15.0. The molecule has 140 valence electrons. The van der Waals surface area contributed by atoms with E-state index in [0.29, 0.717) is 22.3 Å². The molecule has 27 heavy (non-hydrogen) atoms. The quantitative estimate of drug-likeness (QED) is 0.706. The van der Waals surface area contributed by atoms with Crippen LogP contribution in [0.4, 0.5) is 0 Å². The monoisotopic (exact) mass is 384 g/mol. The van der Waals surface area contributed by atoms with E-state index in [0.717, 1.165) is 15.8 Å². The number of aliphatic hydroxyl groups excluding tert-OH is 1. The highest BCUT2D eigenvalue weighted by molar-refractivity contribution is 7.16. The van der Waals surface area contributed by atoms with Crippen LogP contribution >= 0.6 is 11.3 Å². The minimum absolute atomic E-state index is 0.112. The lowest BCUT2D eigenvalue weighted by molar-refractivity contribution is -0.140. The zero-order chi connectivity index (χ0) is 19.6. The molecule has 1 atom stereocenters. The summed E-state index contributed by atoms with van der Waals surface area (Å²) in [6, 6.07) is 11.5. The van der Waals surface area contributed by atoms with E-state index in [-0.39, 0.29) is 6.61 Å². The first-order chi connectivity index (χ1) is 12.9. The van der Waals surface area contributed by atoms with Gasteiger partial charge in [-0.25, -0.2) is 4.79 Å². The van der Waals surface area contributed by atoms with Crippen LogP contribution in [0.5, 0.6) is 0 Å². The van der Waals surface area contributed by atoms with E-state index in [1.165, 1.54) is 11.3 Å². The van der Waals surface area contributed by atoms with Crippen LogP contribution in [0.1, 0.15) is 40.9 Å². The van der Waals surface area contributed by atoms with Gasteiger partial charge in [0.1, 0.15) is 6.04 Å². The van der Waals surface area contributed by atoms with Crippen molar-refractivity contribution in [3.63, 3.8) is 0 Å². The van der Waals surface area contributed by atoms with Crippen molar-refractivity contribution >= 4 is 33.4 Å². The molecule has 3 rings (SSSR count). The van der Waals surface area contributed by atoms with Gasteiger partial charge in [-0.3, -0.25) is 4.79 Å². The van der Waals surface area contributed by atoms with Crippen molar-refractivity contribution in [2.45, 2.75) is 32.9 Å². The predicted octanol–water partition coefficient (Wildman–Crippen LogP) is 3.28. The summed E-state index contributed by atoms with van der Waals surface area (Å²) >= 11 is 1.24. The van der Waals surface area contributed by atoms with Crippen LogP contribution in [0.25, 0.3) is 10.2 Å². The number of benzene rings is 2. The summed E-state index contributed by atoms with van der Waals surface area (Å²) in [5.41, 5.74) is 2.89. The first-order valence-corrected chi connectivity index (χ1v) is 9.39. The Kier molecular flexibility index (Phi) is 5.53. The SMILES string of the molecule is CCC(C(=O)O)n1c(=NC(=O)c2ccc(C)cc2)sc2cc(CO)ccc21. The Morgan fingerprint density at radius 2 is 1.89 bits per heavy atom. The van der Waals surface area contributed by atoms with Crippen LogP contribution in [0.3, 0.4) is 0 Å². The van der Waals surface area contributed by atoms with Gasteiger partial charge < -0.3 is 14.8 Å². The molecule has 0 radical (unpaired) electrons. The fourth-order valence-corrected chi connectivity index (χ4v) is 4.01. The number of aliphatic hydroxyl groups is 1. The first kappa shape index (κ1) is 19.0. The Balaban J connectivity index is 2.22. The molecule has 0 bridgehead atoms. The number of thiazole rings is 1. The number of carboxylic acid groups (broad SMARTS) is 1. The average Bonchev–Trinajstić information content (AvgIpc) is 2.99. The highest BCUT2D eigenvalue weighted by atomic mass is 32.1. The largest absolute Gasteiger partial charge is 0.480 e. The van der Waals surface area contributed by atoms with Gasteiger partial charge in [0, 0.05) is 5.56 Å². The van der Waals surface area contributed by atoms with E-state index in [1.54, 1.807) is 41.8 Å². The minimum Gasteiger partial charge on any atom is -0.480 e. The molecule has 2 N–H and O–H groups in total. The first-order valence-electron chi connectivity index (χ1n) is 8.58. The maximum Gasteiger partial charge on any atom is 0.326 e. The smallest absolute Gasteiger partial charge is 0.326 e. The number of hydrogen-bond donors (Lipinski definition) is 2. The summed E-state index contributed by atoms with van der Waals surface area (Å²) < 4.78 is 2.37. The van der Waals surface area contributed by atoms with Crippen LogP contribution < -0.4 is 4.80 Å². The number of aryl methyl sites for hydroxylation is 1. The van der Waals surface area contributed by atoms with Crippen LogP contribution in [-0.2, 0) is 11.4 Å². The summed E-state index contributed by atoms with van der Waals surface area (Å²) in [5, 5.41) is 19.0. The molecule has 0 saturated carbocycles. The summed E-state index contributed by atoms with van der Waals surface area (Å²) in [4.78, 5) is 28.9. The molecule has 1 amide bonds. The number of rotatable bonds is 5. The molecule has 0 fully saturated rings. The number of amides is 1. The Morgan fingerprint density at radius 1 is 1.19 bits per heavy atom. The Hall–Kier alpha value is -2.77. The van der Waals surface area contributed by atoms with Crippen LogP contribution in [0, 0.1) is 6.92 Å². The number of carboxylic acids is 1. The molecular weight excluding hydrogens is 364 g/mol. The van der Waals surface area contributed by atoms with Gasteiger partial charge in [-0.05, 0) is 43.2 Å². The van der Waals surface area contributed by atoms with Gasteiger partial charge in [-0.1, -0.05) is 42.0 Å². The highest BCUT2D eigenvalue weighted by Gasteiger charge is 2.22. The van der Waals surface area contributed by atoms with Crippen LogP contribution in [0.15, 0.2) is 47.5 Å². The highest BCUT2D eigenvalue weighted by Crippen LogP contribution is 2.24. The maximum atomic E-state index is 12.6. The van der Waals surface area contributed by atoms with Crippen molar-refractivity contribution in [2.24, 2.45) is 4.99 Å². The van der Waals surface area contributed by atoms with Gasteiger partial charge in [0.15, 0.2) is 4.80 Å². The zero-order valence-corrected chi connectivity index (χ0v) is 15.9. The third-order valence-corrected chi connectivity index (χ3v) is 5.37. The van der Waals surface area contributed by atoms with Crippen LogP contribution in [0.2, 0.25) is 0 Å². The van der Waals surface area contributed by atoms with Gasteiger partial charge >= 0.3 is 5.97 Å². The number of hydrogen-bond acceptors (Lipinski definition) is 4. The lowest BCUT2D eigenvalue weighted by Gasteiger charge is -2.13. The molecule has 0 aliphatic carbocycles. The Morgan fingerprint density at radius 3 is 2.48 bits per heavy atom. The fourth-order valence-electron chi connectivity index (χ4n) is 2.88. The average molecular weight is 384 g/mol. The topological polar surface area (TPSA) is 91.9 Å². The summed E-state index contributed by atoms with van der Waals surface area (Å²) in [6.07, 6.45) is 0.356. The van der Waals surface area contributed by atoms with Crippen molar-refractivity contribution in [1.29, 1.82) is 0 Å². The molecule has 0 aliphatic heterocycles. The molecule has 1 aromatic heterocycles. The summed E-state index contributed by atoms with van der Waals surface area (Å²) in [7, 11) is 0. The molecular formula is C20H20N2O4S. The molecule has 1 heterocycles. The molecule has 0 spiro atoms. The van der Waals surface area contributed by atoms with Crippen LogP contribution in [-0.4, -0.2) is 26.7 Å². The Labute approximate surface area is 160 Å². The van der Waals surface area contributed by atoms with E-state index in [2.05, 4.69) is 4.99 Å². The molecule has 1 unspecified atom stereocenters. The maximum absolute atomic E-state index is 12.6.